The quantitative estimate of drug-likeness (QED) is 0.924. The zero-order chi connectivity index (χ0) is 15.6. The molecule has 2 rings (SSSR count). The van der Waals surface area contributed by atoms with Crippen LogP contribution in [0.3, 0.4) is 0 Å². The van der Waals surface area contributed by atoms with E-state index >= 15 is 0 Å². The summed E-state index contributed by atoms with van der Waals surface area (Å²) in [6.07, 6.45) is -4.61. The van der Waals surface area contributed by atoms with E-state index in [0.29, 0.717) is 0 Å². The largest absolute Gasteiger partial charge is 0.480 e. The molecule has 1 aromatic rings. The van der Waals surface area contributed by atoms with Gasteiger partial charge in [0.2, 0.25) is 0 Å². The van der Waals surface area contributed by atoms with Gasteiger partial charge in [0.05, 0.1) is 5.56 Å². The molecule has 21 heavy (non-hydrogen) atoms. The monoisotopic (exact) mass is 321 g/mol. The minimum atomic E-state index is -4.61. The highest BCUT2D eigenvalue weighted by Gasteiger charge is 2.39. The number of alkyl halides is 3. The first-order valence-corrected chi connectivity index (χ1v) is 7.77. The lowest BCUT2D eigenvalue weighted by Crippen LogP contribution is -2.43. The van der Waals surface area contributed by atoms with E-state index in [0.717, 1.165) is 6.07 Å². The summed E-state index contributed by atoms with van der Waals surface area (Å²) in [4.78, 5) is 12.9. The van der Waals surface area contributed by atoms with Crippen LogP contribution in [0.1, 0.15) is 17.2 Å². The van der Waals surface area contributed by atoms with Crippen LogP contribution in [0.2, 0.25) is 0 Å². The molecule has 0 aliphatic carbocycles. The molecule has 1 aliphatic heterocycles. The van der Waals surface area contributed by atoms with E-state index in [1.165, 1.54) is 23.1 Å². The Kier molecular flexibility index (Phi) is 4.67. The first kappa shape index (κ1) is 16.0. The van der Waals surface area contributed by atoms with Crippen LogP contribution in [-0.4, -0.2) is 44.8 Å². The highest BCUT2D eigenvalue weighted by molar-refractivity contribution is 7.85. The predicted octanol–water partition coefficient (Wildman–Crippen LogP) is 1.90. The molecular weight excluding hydrogens is 307 g/mol. The topological polar surface area (TPSA) is 57.6 Å². The van der Waals surface area contributed by atoms with Crippen LogP contribution in [0, 0.1) is 0 Å². The molecular formula is C13H14F3NO3S. The summed E-state index contributed by atoms with van der Waals surface area (Å²) < 4.78 is 50.4. The Bertz CT molecular complexity index is 552. The fourth-order valence-corrected chi connectivity index (χ4v) is 3.47. The van der Waals surface area contributed by atoms with Crippen LogP contribution in [0.4, 0.5) is 13.2 Å². The molecule has 8 heteroatoms. The van der Waals surface area contributed by atoms with Crippen molar-refractivity contribution < 1.29 is 27.3 Å². The molecule has 1 aromatic carbocycles. The summed E-state index contributed by atoms with van der Waals surface area (Å²) >= 11 is 0. The van der Waals surface area contributed by atoms with Crippen molar-refractivity contribution in [3.05, 3.63) is 35.4 Å². The third kappa shape index (κ3) is 3.62. The van der Waals surface area contributed by atoms with Gasteiger partial charge in [-0.2, -0.15) is 13.2 Å². The summed E-state index contributed by atoms with van der Waals surface area (Å²) in [6.45, 7) is 0.408. The maximum absolute atomic E-state index is 13.0. The lowest BCUT2D eigenvalue weighted by atomic mass is 9.98. The van der Waals surface area contributed by atoms with E-state index in [2.05, 4.69) is 0 Å². The van der Waals surface area contributed by atoms with Gasteiger partial charge in [-0.3, -0.25) is 13.9 Å². The van der Waals surface area contributed by atoms with Gasteiger partial charge in [-0.25, -0.2) is 0 Å². The van der Waals surface area contributed by atoms with Crippen LogP contribution >= 0.6 is 0 Å². The first-order valence-electron chi connectivity index (χ1n) is 6.28. The maximum atomic E-state index is 13.0. The molecule has 1 unspecified atom stereocenters. The van der Waals surface area contributed by atoms with Crippen LogP contribution < -0.4 is 0 Å². The minimum Gasteiger partial charge on any atom is -0.480 e. The number of carbonyl (C=O) groups is 1. The van der Waals surface area contributed by atoms with Crippen molar-refractivity contribution in [3.8, 4) is 0 Å². The van der Waals surface area contributed by atoms with Gasteiger partial charge in [-0.05, 0) is 11.6 Å². The SMILES string of the molecule is O=C(O)C(c1ccccc1C(F)(F)F)N1CCS(=O)CC1. The second-order valence-corrected chi connectivity index (χ2v) is 6.41. The fraction of sp³-hybridized carbons (Fsp3) is 0.462. The van der Waals surface area contributed by atoms with Gasteiger partial charge in [-0.1, -0.05) is 18.2 Å². The lowest BCUT2D eigenvalue weighted by Gasteiger charge is -2.32. The minimum absolute atomic E-state index is 0.204. The second kappa shape index (κ2) is 6.15. The molecule has 0 radical (unpaired) electrons. The molecule has 1 aliphatic rings. The van der Waals surface area contributed by atoms with Crippen LogP contribution in [0.15, 0.2) is 24.3 Å². The fourth-order valence-electron chi connectivity index (χ4n) is 2.39. The molecule has 0 saturated carbocycles. The van der Waals surface area contributed by atoms with Gasteiger partial charge in [0.1, 0.15) is 6.04 Å². The van der Waals surface area contributed by atoms with Gasteiger partial charge >= 0.3 is 12.1 Å². The average molecular weight is 321 g/mol. The summed E-state index contributed by atoms with van der Waals surface area (Å²) in [5.41, 5.74) is -1.21. The predicted molar refractivity (Wildman–Crippen MR) is 71.3 cm³/mol. The van der Waals surface area contributed by atoms with Crippen molar-refractivity contribution in [2.24, 2.45) is 0 Å². The number of hydrogen-bond acceptors (Lipinski definition) is 3. The average Bonchev–Trinajstić information content (AvgIpc) is 2.40. The van der Waals surface area contributed by atoms with E-state index in [9.17, 15) is 27.3 Å². The van der Waals surface area contributed by atoms with Crippen LogP contribution in [0.25, 0.3) is 0 Å². The number of benzene rings is 1. The summed E-state index contributed by atoms with van der Waals surface area (Å²) in [7, 11) is -1.03. The molecule has 1 N–H and O–H groups in total. The Balaban J connectivity index is 2.40. The Morgan fingerprint density at radius 1 is 1.24 bits per heavy atom. The third-order valence-corrected chi connectivity index (χ3v) is 4.65. The molecule has 1 fully saturated rings. The van der Waals surface area contributed by atoms with Gasteiger partial charge in [0.25, 0.3) is 0 Å². The highest BCUT2D eigenvalue weighted by Crippen LogP contribution is 2.36. The summed E-state index contributed by atoms with van der Waals surface area (Å²) in [5, 5.41) is 9.35. The van der Waals surface area contributed by atoms with Gasteiger partial charge < -0.3 is 5.11 Å². The Morgan fingerprint density at radius 2 is 1.81 bits per heavy atom. The normalized spacial score (nSPS) is 19.4. The smallest absolute Gasteiger partial charge is 0.416 e. The molecule has 0 spiro atoms. The van der Waals surface area contributed by atoms with Gasteiger partial charge in [0, 0.05) is 35.4 Å². The number of rotatable bonds is 3. The number of nitrogens with zero attached hydrogens (tertiary/aromatic N) is 1. The van der Waals surface area contributed by atoms with Crippen molar-refractivity contribution in [2.75, 3.05) is 24.6 Å². The summed E-state index contributed by atoms with van der Waals surface area (Å²) in [6, 6.07) is 3.32. The molecule has 4 nitrogen and oxygen atoms in total. The molecule has 1 saturated heterocycles. The summed E-state index contributed by atoms with van der Waals surface area (Å²) in [5.74, 6) is -0.782. The molecule has 0 aromatic heterocycles. The maximum Gasteiger partial charge on any atom is 0.416 e. The van der Waals surface area contributed by atoms with Crippen molar-refractivity contribution in [1.82, 2.24) is 4.90 Å². The first-order chi connectivity index (χ1) is 9.80. The zero-order valence-electron chi connectivity index (χ0n) is 11.0. The Labute approximate surface area is 122 Å². The third-order valence-electron chi connectivity index (χ3n) is 3.37. The number of aliphatic carboxylic acids is 1. The molecule has 0 bridgehead atoms. The lowest BCUT2D eigenvalue weighted by molar-refractivity contribution is -0.145. The molecule has 1 heterocycles. The van der Waals surface area contributed by atoms with Crippen LogP contribution in [-0.2, 0) is 21.8 Å². The van der Waals surface area contributed by atoms with Crippen LogP contribution in [0.5, 0.6) is 0 Å². The highest BCUT2D eigenvalue weighted by atomic mass is 32.2. The van der Waals surface area contributed by atoms with E-state index in [1.54, 1.807) is 0 Å². The molecule has 0 amide bonds. The van der Waals surface area contributed by atoms with E-state index in [4.69, 9.17) is 0 Å². The molecule has 1 atom stereocenters. The van der Waals surface area contributed by atoms with E-state index < -0.39 is 34.6 Å². The Morgan fingerprint density at radius 3 is 2.33 bits per heavy atom. The van der Waals surface area contributed by atoms with Crippen molar-refractivity contribution >= 4 is 16.8 Å². The van der Waals surface area contributed by atoms with Crippen molar-refractivity contribution in [3.63, 3.8) is 0 Å². The second-order valence-electron chi connectivity index (χ2n) is 4.71. The number of carboxylic acid groups (broad SMARTS) is 1. The number of carboxylic acids is 1. The zero-order valence-corrected chi connectivity index (χ0v) is 11.8. The van der Waals surface area contributed by atoms with Crippen molar-refractivity contribution in [1.29, 1.82) is 0 Å². The standard InChI is InChI=1S/C13H14F3NO3S/c14-13(15,16)10-4-2-1-3-9(10)11(12(18)19)17-5-7-21(20)8-6-17/h1-4,11H,5-8H2,(H,18,19). The number of halogens is 3. The van der Waals surface area contributed by atoms with E-state index in [1.807, 2.05) is 0 Å². The van der Waals surface area contributed by atoms with Crippen molar-refractivity contribution in [2.45, 2.75) is 12.2 Å². The Hall–Kier alpha value is -1.41. The number of hydrogen-bond donors (Lipinski definition) is 1. The van der Waals surface area contributed by atoms with Gasteiger partial charge in [0.15, 0.2) is 0 Å². The molecule has 116 valence electrons. The van der Waals surface area contributed by atoms with Gasteiger partial charge in [-0.15, -0.1) is 0 Å². The van der Waals surface area contributed by atoms with E-state index in [-0.39, 0.29) is 30.2 Å².